The smallest absolute Gasteiger partial charge is 0.257 e. The van der Waals surface area contributed by atoms with Gasteiger partial charge in [-0.1, -0.05) is 39.7 Å². The highest BCUT2D eigenvalue weighted by Gasteiger charge is 2.11. The summed E-state index contributed by atoms with van der Waals surface area (Å²) in [6.07, 6.45) is 0. The Kier molecular flexibility index (Phi) is 4.04. The van der Waals surface area contributed by atoms with E-state index in [0.717, 1.165) is 15.7 Å². The number of anilines is 1. The van der Waals surface area contributed by atoms with Crippen LogP contribution in [0.3, 0.4) is 0 Å². The Morgan fingerprint density at radius 1 is 1.22 bits per heavy atom. The molecule has 4 heteroatoms. The lowest BCUT2D eigenvalue weighted by molar-refractivity contribution is 0.102. The first-order valence-corrected chi connectivity index (χ1v) is 6.56. The number of hydrogen-bond donors (Lipinski definition) is 1. The molecule has 0 spiro atoms. The largest absolute Gasteiger partial charge is 0.322 e. The molecule has 0 saturated heterocycles. The summed E-state index contributed by atoms with van der Waals surface area (Å²) in [7, 11) is 0. The number of rotatable bonds is 2. The molecule has 0 aliphatic carbocycles. The van der Waals surface area contributed by atoms with Gasteiger partial charge in [-0.2, -0.15) is 0 Å². The van der Waals surface area contributed by atoms with Gasteiger partial charge >= 0.3 is 0 Å². The number of carbonyl (C=O) groups is 1. The average Bonchev–Trinajstić information content (AvgIpc) is 2.32. The number of amides is 1. The van der Waals surface area contributed by atoms with E-state index in [1.807, 2.05) is 31.2 Å². The van der Waals surface area contributed by atoms with E-state index in [1.165, 1.54) is 0 Å². The van der Waals surface area contributed by atoms with Gasteiger partial charge in [0, 0.05) is 10.2 Å². The summed E-state index contributed by atoms with van der Waals surface area (Å²) in [6.45, 7) is 1.97. The molecule has 2 nitrogen and oxygen atoms in total. The second-order valence-corrected chi connectivity index (χ2v) is 5.27. The number of nitrogens with one attached hydrogen (secondary N) is 1. The molecule has 0 radical (unpaired) electrons. The third-order valence-electron chi connectivity index (χ3n) is 2.45. The van der Waals surface area contributed by atoms with Crippen LogP contribution in [0.4, 0.5) is 5.69 Å². The van der Waals surface area contributed by atoms with Gasteiger partial charge in [-0.3, -0.25) is 4.79 Å². The molecule has 0 aliphatic rings. The Hall–Kier alpha value is -1.32. The lowest BCUT2D eigenvalue weighted by atomic mass is 10.2. The van der Waals surface area contributed by atoms with Gasteiger partial charge in [0.1, 0.15) is 0 Å². The minimum atomic E-state index is -0.216. The molecule has 2 aromatic rings. The highest BCUT2D eigenvalue weighted by atomic mass is 79.9. The summed E-state index contributed by atoms with van der Waals surface area (Å²) >= 11 is 9.33. The van der Waals surface area contributed by atoms with Crippen LogP contribution in [0.1, 0.15) is 15.9 Å². The first kappa shape index (κ1) is 13.1. The predicted octanol–water partition coefficient (Wildman–Crippen LogP) is 4.66. The topological polar surface area (TPSA) is 29.1 Å². The van der Waals surface area contributed by atoms with E-state index in [-0.39, 0.29) is 5.91 Å². The van der Waals surface area contributed by atoms with Crippen molar-refractivity contribution in [2.45, 2.75) is 6.92 Å². The van der Waals surface area contributed by atoms with E-state index in [9.17, 15) is 4.79 Å². The first-order chi connectivity index (χ1) is 8.56. The van der Waals surface area contributed by atoms with Gasteiger partial charge in [0.05, 0.1) is 10.6 Å². The van der Waals surface area contributed by atoms with Gasteiger partial charge in [0.25, 0.3) is 5.91 Å². The van der Waals surface area contributed by atoms with E-state index >= 15 is 0 Å². The minimum Gasteiger partial charge on any atom is -0.322 e. The zero-order valence-corrected chi connectivity index (χ0v) is 12.0. The maximum atomic E-state index is 12.1. The monoisotopic (exact) mass is 323 g/mol. The Labute approximate surface area is 119 Å². The third-order valence-corrected chi connectivity index (χ3v) is 3.27. The number of halogens is 2. The maximum Gasteiger partial charge on any atom is 0.257 e. The van der Waals surface area contributed by atoms with Crippen molar-refractivity contribution in [3.63, 3.8) is 0 Å². The highest BCUT2D eigenvalue weighted by molar-refractivity contribution is 9.10. The molecule has 0 saturated carbocycles. The molecule has 0 fully saturated rings. The van der Waals surface area contributed by atoms with Crippen LogP contribution in [-0.2, 0) is 0 Å². The van der Waals surface area contributed by atoms with E-state index in [0.29, 0.717) is 10.6 Å². The number of hydrogen-bond acceptors (Lipinski definition) is 1. The fourth-order valence-electron chi connectivity index (χ4n) is 1.59. The van der Waals surface area contributed by atoms with Crippen molar-refractivity contribution in [2.75, 3.05) is 5.32 Å². The Morgan fingerprint density at radius 2 is 2.00 bits per heavy atom. The van der Waals surface area contributed by atoms with E-state index in [4.69, 9.17) is 11.6 Å². The standard InChI is InChI=1S/C14H11BrClNO/c1-9-3-2-4-11(7-9)17-14(18)12-8-10(15)5-6-13(12)16/h2-8H,1H3,(H,17,18). The SMILES string of the molecule is Cc1cccc(NC(=O)c2cc(Br)ccc2Cl)c1. The Balaban J connectivity index is 2.24. The van der Waals surface area contributed by atoms with Crippen LogP contribution >= 0.6 is 27.5 Å². The number of carbonyl (C=O) groups excluding carboxylic acids is 1. The summed E-state index contributed by atoms with van der Waals surface area (Å²) in [5, 5.41) is 3.26. The summed E-state index contributed by atoms with van der Waals surface area (Å²) in [5.41, 5.74) is 2.30. The molecule has 1 amide bonds. The van der Waals surface area contributed by atoms with Crippen molar-refractivity contribution in [1.29, 1.82) is 0 Å². The third kappa shape index (κ3) is 3.12. The molecule has 0 bridgehead atoms. The van der Waals surface area contributed by atoms with E-state index < -0.39 is 0 Å². The van der Waals surface area contributed by atoms with E-state index in [1.54, 1.807) is 18.2 Å². The van der Waals surface area contributed by atoms with Crippen molar-refractivity contribution in [3.05, 3.63) is 63.1 Å². The molecule has 0 atom stereocenters. The normalized spacial score (nSPS) is 10.2. The van der Waals surface area contributed by atoms with Gasteiger partial charge in [0.15, 0.2) is 0 Å². The summed E-state index contributed by atoms with van der Waals surface area (Å²) in [6, 6.07) is 12.8. The van der Waals surface area contributed by atoms with Crippen LogP contribution in [0.25, 0.3) is 0 Å². The Bertz CT molecular complexity index is 598. The molecule has 1 N–H and O–H groups in total. The van der Waals surface area contributed by atoms with Crippen molar-refractivity contribution >= 4 is 39.1 Å². The zero-order valence-electron chi connectivity index (χ0n) is 9.71. The van der Waals surface area contributed by atoms with Crippen molar-refractivity contribution < 1.29 is 4.79 Å². The van der Waals surface area contributed by atoms with Gasteiger partial charge in [-0.25, -0.2) is 0 Å². The van der Waals surface area contributed by atoms with Crippen LogP contribution in [0.5, 0.6) is 0 Å². The second kappa shape index (κ2) is 5.55. The van der Waals surface area contributed by atoms with Crippen molar-refractivity contribution in [1.82, 2.24) is 0 Å². The average molecular weight is 325 g/mol. The van der Waals surface area contributed by atoms with Crippen LogP contribution in [0.15, 0.2) is 46.9 Å². The quantitative estimate of drug-likeness (QED) is 0.855. The molecule has 92 valence electrons. The summed E-state index contributed by atoms with van der Waals surface area (Å²) in [5.74, 6) is -0.216. The van der Waals surface area contributed by atoms with Gasteiger partial charge in [-0.05, 0) is 42.8 Å². The fraction of sp³-hybridized carbons (Fsp3) is 0.0714. The lowest BCUT2D eigenvalue weighted by Crippen LogP contribution is -2.12. The number of aryl methyl sites for hydroxylation is 1. The van der Waals surface area contributed by atoms with E-state index in [2.05, 4.69) is 21.2 Å². The zero-order chi connectivity index (χ0) is 13.1. The lowest BCUT2D eigenvalue weighted by Gasteiger charge is -2.07. The Morgan fingerprint density at radius 3 is 2.72 bits per heavy atom. The van der Waals surface area contributed by atoms with Crippen molar-refractivity contribution in [2.24, 2.45) is 0 Å². The summed E-state index contributed by atoms with van der Waals surface area (Å²) < 4.78 is 0.821. The molecule has 0 aromatic heterocycles. The highest BCUT2D eigenvalue weighted by Crippen LogP contribution is 2.22. The van der Waals surface area contributed by atoms with Gasteiger partial charge < -0.3 is 5.32 Å². The molecular formula is C14H11BrClNO. The molecule has 0 unspecified atom stereocenters. The van der Waals surface area contributed by atoms with Crippen LogP contribution < -0.4 is 5.32 Å². The molecule has 0 aliphatic heterocycles. The number of benzene rings is 2. The summed E-state index contributed by atoms with van der Waals surface area (Å²) in [4.78, 5) is 12.1. The molecule has 0 heterocycles. The maximum absolute atomic E-state index is 12.1. The van der Waals surface area contributed by atoms with Crippen molar-refractivity contribution in [3.8, 4) is 0 Å². The molecule has 18 heavy (non-hydrogen) atoms. The predicted molar refractivity (Wildman–Crippen MR) is 78.3 cm³/mol. The molecule has 2 rings (SSSR count). The van der Waals surface area contributed by atoms with Crippen LogP contribution in [-0.4, -0.2) is 5.91 Å². The fourth-order valence-corrected chi connectivity index (χ4v) is 2.16. The minimum absolute atomic E-state index is 0.216. The first-order valence-electron chi connectivity index (χ1n) is 5.39. The van der Waals surface area contributed by atoms with Crippen LogP contribution in [0, 0.1) is 6.92 Å². The van der Waals surface area contributed by atoms with Gasteiger partial charge in [-0.15, -0.1) is 0 Å². The second-order valence-electron chi connectivity index (χ2n) is 3.95. The van der Waals surface area contributed by atoms with Crippen LogP contribution in [0.2, 0.25) is 5.02 Å². The molecule has 2 aromatic carbocycles. The molecular weight excluding hydrogens is 314 g/mol. The van der Waals surface area contributed by atoms with Gasteiger partial charge in [0.2, 0.25) is 0 Å².